The Morgan fingerprint density at radius 1 is 1.09 bits per heavy atom. The van der Waals surface area contributed by atoms with Crippen LogP contribution in [0.5, 0.6) is 0 Å². The van der Waals surface area contributed by atoms with Gasteiger partial charge in [0.25, 0.3) is 0 Å². The molecule has 1 aliphatic rings. The molecule has 2 aromatic heterocycles. The van der Waals surface area contributed by atoms with Gasteiger partial charge in [0, 0.05) is 45.0 Å². The number of aromatic nitrogens is 3. The highest BCUT2D eigenvalue weighted by Crippen LogP contribution is 2.26. The Balaban J connectivity index is 1.50. The van der Waals surface area contributed by atoms with Crippen LogP contribution < -0.4 is 10.0 Å². The molecule has 186 valence electrons. The van der Waals surface area contributed by atoms with Gasteiger partial charge >= 0.3 is 0 Å². The Morgan fingerprint density at radius 3 is 2.54 bits per heavy atom. The quantitative estimate of drug-likeness (QED) is 0.429. The van der Waals surface area contributed by atoms with E-state index in [4.69, 9.17) is 11.6 Å². The van der Waals surface area contributed by atoms with Gasteiger partial charge in [-0.2, -0.15) is 0 Å². The van der Waals surface area contributed by atoms with E-state index in [2.05, 4.69) is 29.9 Å². The first kappa shape index (κ1) is 25.7. The third-order valence-corrected chi connectivity index (χ3v) is 7.91. The number of hydrogen-bond acceptors (Lipinski definition) is 7. The van der Waals surface area contributed by atoms with Gasteiger partial charge in [0.1, 0.15) is 5.69 Å². The molecule has 10 heteroatoms. The molecule has 1 saturated heterocycles. The van der Waals surface area contributed by atoms with Gasteiger partial charge in [0.05, 0.1) is 22.2 Å². The van der Waals surface area contributed by atoms with Crippen LogP contribution in [0, 0.1) is 6.92 Å². The van der Waals surface area contributed by atoms with Crippen molar-refractivity contribution >= 4 is 21.6 Å². The van der Waals surface area contributed by atoms with E-state index >= 15 is 0 Å². The summed E-state index contributed by atoms with van der Waals surface area (Å²) < 4.78 is 29.0. The minimum absolute atomic E-state index is 0.0630. The van der Waals surface area contributed by atoms with E-state index in [9.17, 15) is 8.42 Å². The van der Waals surface area contributed by atoms with Gasteiger partial charge in [-0.15, -0.1) is 0 Å². The molecule has 1 aliphatic heterocycles. The van der Waals surface area contributed by atoms with Crippen molar-refractivity contribution in [1.29, 1.82) is 0 Å². The Morgan fingerprint density at radius 2 is 1.83 bits per heavy atom. The number of halogens is 1. The molecule has 0 spiro atoms. The average Bonchev–Trinajstić information content (AvgIpc) is 2.89. The Bertz CT molecular complexity index is 1210. The second-order valence-corrected chi connectivity index (χ2v) is 10.9. The van der Waals surface area contributed by atoms with Crippen molar-refractivity contribution in [2.75, 3.05) is 38.5 Å². The smallest absolute Gasteiger partial charge is 0.213 e. The zero-order valence-electron chi connectivity index (χ0n) is 19.8. The number of nitrogens with zero attached hydrogens (tertiary/aromatic N) is 4. The van der Waals surface area contributed by atoms with E-state index < -0.39 is 16.1 Å². The zero-order chi connectivity index (χ0) is 24.7. The molecule has 3 aromatic rings. The number of benzene rings is 1. The molecular weight excluding hydrogens is 484 g/mol. The van der Waals surface area contributed by atoms with Crippen LogP contribution in [-0.4, -0.2) is 66.7 Å². The summed E-state index contributed by atoms with van der Waals surface area (Å²) >= 11 is 6.56. The van der Waals surface area contributed by atoms with Crippen LogP contribution in [0.1, 0.15) is 29.4 Å². The molecule has 1 aromatic carbocycles. The van der Waals surface area contributed by atoms with Gasteiger partial charge < -0.3 is 5.32 Å². The lowest BCUT2D eigenvalue weighted by Gasteiger charge is -2.27. The van der Waals surface area contributed by atoms with Crippen LogP contribution >= 0.6 is 11.6 Å². The molecule has 0 aliphatic carbocycles. The fourth-order valence-corrected chi connectivity index (χ4v) is 5.60. The van der Waals surface area contributed by atoms with Crippen molar-refractivity contribution < 1.29 is 8.42 Å². The molecule has 1 fully saturated rings. The van der Waals surface area contributed by atoms with Gasteiger partial charge in [-0.25, -0.2) is 23.1 Å². The molecular formula is C25H31ClN6O2S. The summed E-state index contributed by atoms with van der Waals surface area (Å²) in [5.41, 5.74) is 2.93. The summed E-state index contributed by atoms with van der Waals surface area (Å²) in [4.78, 5) is 15.7. The summed E-state index contributed by atoms with van der Waals surface area (Å²) in [6.45, 7) is 5.86. The monoisotopic (exact) mass is 514 g/mol. The van der Waals surface area contributed by atoms with Gasteiger partial charge in [0.2, 0.25) is 10.0 Å². The third kappa shape index (κ3) is 7.28. The van der Waals surface area contributed by atoms with Gasteiger partial charge in [-0.1, -0.05) is 48.0 Å². The minimum Gasteiger partial charge on any atom is -0.314 e. The molecule has 4 rings (SSSR count). The molecule has 0 radical (unpaired) electrons. The predicted octanol–water partition coefficient (Wildman–Crippen LogP) is 3.00. The maximum absolute atomic E-state index is 13.0. The molecule has 0 bridgehead atoms. The first-order valence-corrected chi connectivity index (χ1v) is 13.9. The summed E-state index contributed by atoms with van der Waals surface area (Å²) in [5.74, 6) is 0.573. The van der Waals surface area contributed by atoms with E-state index in [0.29, 0.717) is 47.3 Å². The van der Waals surface area contributed by atoms with Crippen molar-refractivity contribution in [3.05, 3.63) is 76.7 Å². The molecule has 8 nitrogen and oxygen atoms in total. The SMILES string of the molecule is Cc1nc(-c2ccccn2)nc(CC[C@H](NS(=O)(=O)CCN2CCNCC2)c2ccccc2)c1Cl. The molecule has 35 heavy (non-hydrogen) atoms. The summed E-state index contributed by atoms with van der Waals surface area (Å²) in [5, 5.41) is 3.79. The van der Waals surface area contributed by atoms with Crippen LogP contribution in [0.15, 0.2) is 54.7 Å². The second-order valence-electron chi connectivity index (χ2n) is 8.64. The van der Waals surface area contributed by atoms with Crippen LogP contribution in [0.3, 0.4) is 0 Å². The number of nitrogens with one attached hydrogen (secondary N) is 2. The number of rotatable bonds is 10. The van der Waals surface area contributed by atoms with Gasteiger partial charge in [-0.05, 0) is 37.5 Å². The highest BCUT2D eigenvalue weighted by molar-refractivity contribution is 7.89. The molecule has 1 atom stereocenters. The Hall–Kier alpha value is -2.43. The number of hydrogen-bond donors (Lipinski definition) is 2. The number of pyridine rings is 1. The van der Waals surface area contributed by atoms with Crippen LogP contribution in [0.25, 0.3) is 11.5 Å². The van der Waals surface area contributed by atoms with Gasteiger partial charge in [-0.3, -0.25) is 9.88 Å². The van der Waals surface area contributed by atoms with E-state index in [0.717, 1.165) is 31.7 Å². The number of aryl methyl sites for hydroxylation is 2. The summed E-state index contributed by atoms with van der Waals surface area (Å²) in [7, 11) is -3.49. The third-order valence-electron chi connectivity index (χ3n) is 6.06. The first-order chi connectivity index (χ1) is 16.9. The van der Waals surface area contributed by atoms with Crippen LogP contribution in [0.4, 0.5) is 0 Å². The Labute approximate surface area is 212 Å². The van der Waals surface area contributed by atoms with Crippen molar-refractivity contribution in [2.24, 2.45) is 0 Å². The number of sulfonamides is 1. The zero-order valence-corrected chi connectivity index (χ0v) is 21.4. The number of piperazine rings is 1. The largest absolute Gasteiger partial charge is 0.314 e. The molecule has 2 N–H and O–H groups in total. The molecule has 0 amide bonds. The summed E-state index contributed by atoms with van der Waals surface area (Å²) in [6, 6.07) is 14.8. The van der Waals surface area contributed by atoms with E-state index in [1.807, 2.05) is 55.5 Å². The standard InChI is InChI=1S/C25H31ClN6O2S/c1-19-24(26)22(30-25(29-19)23-9-5-6-12-28-23)11-10-21(20-7-3-2-4-8-20)31-35(33,34)18-17-32-15-13-27-14-16-32/h2-9,12,21,27,31H,10-11,13-18H2,1H3/t21-/m0/s1. The van der Waals surface area contributed by atoms with Crippen molar-refractivity contribution in [3.8, 4) is 11.5 Å². The average molecular weight is 515 g/mol. The fraction of sp³-hybridized carbons (Fsp3) is 0.400. The van der Waals surface area contributed by atoms with Crippen LogP contribution in [0.2, 0.25) is 5.02 Å². The topological polar surface area (TPSA) is 100 Å². The first-order valence-electron chi connectivity index (χ1n) is 11.8. The van der Waals surface area contributed by atoms with E-state index in [1.165, 1.54) is 0 Å². The van der Waals surface area contributed by atoms with Gasteiger partial charge in [0.15, 0.2) is 5.82 Å². The minimum atomic E-state index is -3.49. The highest BCUT2D eigenvalue weighted by atomic mass is 35.5. The second kappa shape index (κ2) is 12.0. The maximum atomic E-state index is 13.0. The predicted molar refractivity (Wildman–Crippen MR) is 139 cm³/mol. The van der Waals surface area contributed by atoms with Crippen molar-refractivity contribution in [1.82, 2.24) is 29.9 Å². The van der Waals surface area contributed by atoms with Crippen molar-refractivity contribution in [2.45, 2.75) is 25.8 Å². The lowest BCUT2D eigenvalue weighted by Crippen LogP contribution is -2.46. The lowest BCUT2D eigenvalue weighted by molar-refractivity contribution is 0.253. The molecule has 3 heterocycles. The van der Waals surface area contributed by atoms with Crippen LogP contribution in [-0.2, 0) is 16.4 Å². The van der Waals surface area contributed by atoms with Crippen molar-refractivity contribution in [3.63, 3.8) is 0 Å². The molecule has 0 saturated carbocycles. The molecule has 0 unspecified atom stereocenters. The Kier molecular flexibility index (Phi) is 8.80. The van der Waals surface area contributed by atoms with E-state index in [1.54, 1.807) is 6.20 Å². The maximum Gasteiger partial charge on any atom is 0.213 e. The summed E-state index contributed by atoms with van der Waals surface area (Å²) in [6.07, 6.45) is 2.69. The van der Waals surface area contributed by atoms with E-state index in [-0.39, 0.29) is 5.75 Å². The fourth-order valence-electron chi connectivity index (χ4n) is 4.11. The highest BCUT2D eigenvalue weighted by Gasteiger charge is 2.22. The lowest BCUT2D eigenvalue weighted by atomic mass is 10.0. The normalized spacial score (nSPS) is 15.7.